The van der Waals surface area contributed by atoms with Crippen molar-refractivity contribution in [3.63, 3.8) is 0 Å². The summed E-state index contributed by atoms with van der Waals surface area (Å²) in [5.41, 5.74) is -5.01. The van der Waals surface area contributed by atoms with Gasteiger partial charge in [0.05, 0.1) is 33.1 Å². The number of hydrogen-bond acceptors (Lipinski definition) is 6. The zero-order valence-electron chi connectivity index (χ0n) is 14.8. The number of aliphatic hydroxyl groups excluding tert-OH is 1. The van der Waals surface area contributed by atoms with Crippen LogP contribution in [0, 0.1) is 20.2 Å². The van der Waals surface area contributed by atoms with Gasteiger partial charge in [-0.2, -0.15) is 26.3 Å². The summed E-state index contributed by atoms with van der Waals surface area (Å²) in [4.78, 5) is 29.1. The van der Waals surface area contributed by atoms with Crippen molar-refractivity contribution in [3.05, 3.63) is 78.9 Å². The summed E-state index contributed by atoms with van der Waals surface area (Å²) in [7, 11) is 0. The summed E-state index contributed by atoms with van der Waals surface area (Å²) >= 11 is 0. The second-order valence-corrected chi connectivity index (χ2v) is 5.63. The molecule has 168 valence electrons. The number of carbonyl (C=O) groups is 1. The number of nitro benzene ring substituents is 2. The highest BCUT2D eigenvalue weighted by atomic mass is 19.4. The fourth-order valence-corrected chi connectivity index (χ4v) is 2.04. The van der Waals surface area contributed by atoms with Crippen LogP contribution in [0.15, 0.2) is 36.4 Å². The highest BCUT2D eigenvalue weighted by Gasteiger charge is 2.34. The minimum absolute atomic E-state index is 0.142. The molecule has 0 saturated carbocycles. The van der Waals surface area contributed by atoms with E-state index in [-0.39, 0.29) is 11.6 Å². The summed E-state index contributed by atoms with van der Waals surface area (Å²) in [6.45, 7) is -0.676. The molecular weight excluding hydrogens is 446 g/mol. The molecule has 9 nitrogen and oxygen atoms in total. The van der Waals surface area contributed by atoms with E-state index in [2.05, 4.69) is 0 Å². The SMILES string of the molecule is O=C(O)c1cc([N+](=O)[O-])cc(C(F)(F)F)c1.O=[N+]([O-])c1cc(CO)cc(C(F)(F)F)c1. The molecule has 0 atom stereocenters. The van der Waals surface area contributed by atoms with E-state index in [1.54, 1.807) is 0 Å². The number of nitrogens with zero attached hydrogens (tertiary/aromatic N) is 2. The van der Waals surface area contributed by atoms with E-state index in [1.165, 1.54) is 0 Å². The number of carboxylic acids is 1. The Morgan fingerprint density at radius 1 is 0.806 bits per heavy atom. The number of alkyl halides is 6. The molecule has 2 rings (SSSR count). The van der Waals surface area contributed by atoms with Crippen LogP contribution in [-0.2, 0) is 19.0 Å². The van der Waals surface area contributed by atoms with Gasteiger partial charge in [-0.25, -0.2) is 4.79 Å². The van der Waals surface area contributed by atoms with E-state index in [1.807, 2.05) is 0 Å². The molecule has 0 radical (unpaired) electrons. The number of carboxylic acid groups (broad SMARTS) is 1. The minimum Gasteiger partial charge on any atom is -0.478 e. The third kappa shape index (κ3) is 7.22. The Kier molecular flexibility index (Phi) is 7.65. The van der Waals surface area contributed by atoms with Crippen LogP contribution in [0.1, 0.15) is 27.0 Å². The first-order chi connectivity index (χ1) is 14.1. The lowest BCUT2D eigenvalue weighted by Crippen LogP contribution is -2.08. The van der Waals surface area contributed by atoms with Crippen LogP contribution in [0.3, 0.4) is 0 Å². The van der Waals surface area contributed by atoms with Gasteiger partial charge < -0.3 is 10.2 Å². The van der Waals surface area contributed by atoms with Crippen molar-refractivity contribution in [1.29, 1.82) is 0 Å². The van der Waals surface area contributed by atoms with Gasteiger partial charge in [0, 0.05) is 24.3 Å². The number of benzene rings is 2. The lowest BCUT2D eigenvalue weighted by Gasteiger charge is -2.07. The summed E-state index contributed by atoms with van der Waals surface area (Å²) in [6, 6.07) is 3.20. The zero-order valence-corrected chi connectivity index (χ0v) is 14.8. The smallest absolute Gasteiger partial charge is 0.416 e. The van der Waals surface area contributed by atoms with Crippen LogP contribution >= 0.6 is 0 Å². The summed E-state index contributed by atoms with van der Waals surface area (Å²) in [6.07, 6.45) is -9.48. The molecule has 2 N–H and O–H groups in total. The predicted molar refractivity (Wildman–Crippen MR) is 89.1 cm³/mol. The van der Waals surface area contributed by atoms with Gasteiger partial charge in [-0.05, 0) is 17.7 Å². The summed E-state index contributed by atoms with van der Waals surface area (Å²) in [5.74, 6) is -1.66. The van der Waals surface area contributed by atoms with E-state index in [4.69, 9.17) is 10.2 Å². The van der Waals surface area contributed by atoms with Gasteiger partial charge in [0.25, 0.3) is 11.4 Å². The average molecular weight is 456 g/mol. The highest BCUT2D eigenvalue weighted by Crippen LogP contribution is 2.33. The van der Waals surface area contributed by atoms with Gasteiger partial charge >= 0.3 is 18.3 Å². The maximum absolute atomic E-state index is 12.3. The van der Waals surface area contributed by atoms with Gasteiger partial charge in [-0.1, -0.05) is 0 Å². The lowest BCUT2D eigenvalue weighted by molar-refractivity contribution is -0.385. The molecule has 31 heavy (non-hydrogen) atoms. The van der Waals surface area contributed by atoms with Crippen molar-refractivity contribution < 1.29 is 51.2 Å². The molecule has 0 unspecified atom stereocenters. The predicted octanol–water partition coefficient (Wildman–Crippen LogP) is 4.42. The normalized spacial score (nSPS) is 11.3. The van der Waals surface area contributed by atoms with E-state index in [0.29, 0.717) is 24.3 Å². The maximum Gasteiger partial charge on any atom is 0.416 e. The fraction of sp³-hybridized carbons (Fsp3) is 0.188. The minimum atomic E-state index is -4.82. The summed E-state index contributed by atoms with van der Waals surface area (Å²) in [5, 5.41) is 37.7. The van der Waals surface area contributed by atoms with Crippen LogP contribution < -0.4 is 0 Å². The molecule has 15 heteroatoms. The zero-order chi connectivity index (χ0) is 24.1. The van der Waals surface area contributed by atoms with E-state index in [0.717, 1.165) is 6.07 Å². The third-order valence-electron chi connectivity index (χ3n) is 3.40. The Morgan fingerprint density at radius 2 is 1.23 bits per heavy atom. The van der Waals surface area contributed by atoms with E-state index in [9.17, 15) is 51.4 Å². The van der Waals surface area contributed by atoms with Crippen molar-refractivity contribution in [2.75, 3.05) is 0 Å². The van der Waals surface area contributed by atoms with Crippen molar-refractivity contribution in [2.24, 2.45) is 0 Å². The fourth-order valence-electron chi connectivity index (χ4n) is 2.04. The molecule has 2 aromatic carbocycles. The Balaban J connectivity index is 0.000000311. The van der Waals surface area contributed by atoms with Gasteiger partial charge in [0.2, 0.25) is 0 Å². The van der Waals surface area contributed by atoms with Crippen LogP contribution in [0.25, 0.3) is 0 Å². The number of non-ortho nitro benzene ring substituents is 2. The number of hydrogen-bond donors (Lipinski definition) is 2. The van der Waals surface area contributed by atoms with Crippen molar-refractivity contribution >= 4 is 17.3 Å². The quantitative estimate of drug-likeness (QED) is 0.394. The second-order valence-electron chi connectivity index (χ2n) is 5.63. The van der Waals surface area contributed by atoms with E-state index >= 15 is 0 Å². The number of aromatic carboxylic acids is 1. The lowest BCUT2D eigenvalue weighted by atomic mass is 10.1. The van der Waals surface area contributed by atoms with Crippen molar-refractivity contribution in [2.45, 2.75) is 19.0 Å². The van der Waals surface area contributed by atoms with Crippen LogP contribution in [0.4, 0.5) is 37.7 Å². The number of halogens is 6. The topological polar surface area (TPSA) is 144 Å². The van der Waals surface area contributed by atoms with Crippen molar-refractivity contribution in [1.82, 2.24) is 0 Å². The Hall–Kier alpha value is -3.75. The molecule has 0 bridgehead atoms. The first-order valence-electron chi connectivity index (χ1n) is 7.62. The van der Waals surface area contributed by atoms with Crippen LogP contribution in [0.5, 0.6) is 0 Å². The standard InChI is InChI=1S/C8H4F3NO4.C8H6F3NO3/c9-8(10,11)5-1-4(7(13)14)2-6(3-5)12(15)16;9-8(10,11)6-1-5(4-13)2-7(3-6)12(14)15/h1-3H,(H,13,14);1-3,13H,4H2. The molecular formula is C16H10F6N2O7. The molecule has 0 heterocycles. The first kappa shape index (κ1) is 25.3. The number of aliphatic hydroxyl groups is 1. The van der Waals surface area contributed by atoms with Gasteiger partial charge in [0.1, 0.15) is 0 Å². The molecule has 0 spiro atoms. The molecule has 0 amide bonds. The first-order valence-corrected chi connectivity index (χ1v) is 7.62. The number of nitro groups is 2. The van der Waals surface area contributed by atoms with Crippen LogP contribution in [-0.4, -0.2) is 26.0 Å². The Morgan fingerprint density at radius 3 is 1.58 bits per heavy atom. The third-order valence-corrected chi connectivity index (χ3v) is 3.40. The van der Waals surface area contributed by atoms with Gasteiger partial charge in [-0.15, -0.1) is 0 Å². The summed E-state index contributed by atoms with van der Waals surface area (Å²) < 4.78 is 73.5. The second kappa shape index (κ2) is 9.38. The number of rotatable bonds is 4. The Bertz CT molecular complexity index is 973. The van der Waals surface area contributed by atoms with E-state index < -0.39 is 62.8 Å². The molecule has 0 aromatic heterocycles. The average Bonchev–Trinajstić information content (AvgIpc) is 2.66. The van der Waals surface area contributed by atoms with Crippen molar-refractivity contribution in [3.8, 4) is 0 Å². The van der Waals surface area contributed by atoms with Gasteiger partial charge in [0.15, 0.2) is 0 Å². The Labute approximate surface area is 167 Å². The monoisotopic (exact) mass is 456 g/mol. The highest BCUT2D eigenvalue weighted by molar-refractivity contribution is 5.88. The molecule has 0 saturated heterocycles. The molecule has 0 aliphatic carbocycles. The molecule has 0 aliphatic rings. The maximum atomic E-state index is 12.3. The molecule has 0 aliphatic heterocycles. The van der Waals surface area contributed by atoms with Crippen LogP contribution in [0.2, 0.25) is 0 Å². The molecule has 2 aromatic rings. The largest absolute Gasteiger partial charge is 0.478 e. The van der Waals surface area contributed by atoms with Gasteiger partial charge in [-0.3, -0.25) is 20.2 Å². The molecule has 0 fully saturated rings.